The summed E-state index contributed by atoms with van der Waals surface area (Å²) in [6.45, 7) is 0.808. The molecule has 1 amide bonds. The largest absolute Gasteiger partial charge is 0.400 e. The third-order valence-corrected chi connectivity index (χ3v) is 2.24. The zero-order valence-electron chi connectivity index (χ0n) is 7.13. The van der Waals surface area contributed by atoms with Crippen LogP contribution in [0.4, 0.5) is 18.3 Å². The summed E-state index contributed by atoms with van der Waals surface area (Å²) in [5, 5.41) is 3.81. The Morgan fingerprint density at radius 1 is 1.64 bits per heavy atom. The highest BCUT2D eigenvalue weighted by molar-refractivity contribution is 7.13. The van der Waals surface area contributed by atoms with E-state index in [0.717, 1.165) is 18.3 Å². The van der Waals surface area contributed by atoms with Gasteiger partial charge in [0.2, 0.25) is 5.91 Å². The molecule has 1 rings (SSSR count). The Morgan fingerprint density at radius 3 is 2.71 bits per heavy atom. The van der Waals surface area contributed by atoms with Gasteiger partial charge in [-0.25, -0.2) is 4.98 Å². The number of carbonyl (C=O) groups excluding carboxylic acids is 1. The van der Waals surface area contributed by atoms with Crippen LogP contribution < -0.4 is 5.32 Å². The molecule has 0 aliphatic rings. The van der Waals surface area contributed by atoms with Crippen LogP contribution in [0.1, 0.15) is 6.92 Å². The summed E-state index contributed by atoms with van der Waals surface area (Å²) in [6.07, 6.45) is -3.11. The predicted octanol–water partition coefficient (Wildman–Crippen LogP) is 2.28. The van der Waals surface area contributed by atoms with E-state index < -0.39 is 18.0 Å². The van der Waals surface area contributed by atoms with E-state index in [1.54, 1.807) is 5.38 Å². The first-order chi connectivity index (χ1) is 6.41. The molecule has 1 heterocycles. The second-order valence-corrected chi connectivity index (χ2v) is 3.48. The number of hydrogen-bond acceptors (Lipinski definition) is 3. The van der Waals surface area contributed by atoms with Crippen molar-refractivity contribution in [1.82, 2.24) is 4.98 Å². The molecule has 0 aliphatic heterocycles. The number of nitrogens with one attached hydrogen (secondary N) is 1. The molecule has 0 aliphatic carbocycles. The average molecular weight is 224 g/mol. The quantitative estimate of drug-likeness (QED) is 0.837. The zero-order valence-corrected chi connectivity index (χ0v) is 7.95. The second-order valence-electron chi connectivity index (χ2n) is 2.59. The number of alkyl halides is 3. The molecule has 0 aromatic carbocycles. The van der Waals surface area contributed by atoms with Crippen LogP contribution in [0.2, 0.25) is 0 Å². The maximum Gasteiger partial charge on any atom is 0.400 e. The molecule has 0 radical (unpaired) electrons. The molecule has 0 fully saturated rings. The van der Waals surface area contributed by atoms with E-state index in [-0.39, 0.29) is 5.13 Å². The lowest BCUT2D eigenvalue weighted by molar-refractivity contribution is -0.175. The predicted molar refractivity (Wildman–Crippen MR) is 46.0 cm³/mol. The van der Waals surface area contributed by atoms with E-state index in [2.05, 4.69) is 10.3 Å². The van der Waals surface area contributed by atoms with E-state index in [1.165, 1.54) is 6.20 Å². The molecule has 1 atom stereocenters. The van der Waals surface area contributed by atoms with Crippen molar-refractivity contribution in [3.05, 3.63) is 11.6 Å². The van der Waals surface area contributed by atoms with Crippen molar-refractivity contribution >= 4 is 22.4 Å². The third-order valence-electron chi connectivity index (χ3n) is 1.55. The lowest BCUT2D eigenvalue weighted by Crippen LogP contribution is -2.32. The van der Waals surface area contributed by atoms with Gasteiger partial charge in [-0.3, -0.25) is 4.79 Å². The van der Waals surface area contributed by atoms with Gasteiger partial charge in [0.25, 0.3) is 0 Å². The van der Waals surface area contributed by atoms with E-state index in [4.69, 9.17) is 0 Å². The van der Waals surface area contributed by atoms with Crippen molar-refractivity contribution in [2.24, 2.45) is 5.92 Å². The molecular weight excluding hydrogens is 217 g/mol. The molecule has 1 aromatic heterocycles. The van der Waals surface area contributed by atoms with Gasteiger partial charge in [0.1, 0.15) is 5.92 Å². The Morgan fingerprint density at radius 2 is 2.29 bits per heavy atom. The third kappa shape index (κ3) is 2.69. The molecule has 3 nitrogen and oxygen atoms in total. The Kier molecular flexibility index (Phi) is 3.10. The number of halogens is 3. The first-order valence-corrected chi connectivity index (χ1v) is 4.56. The number of nitrogens with zero attached hydrogens (tertiary/aromatic N) is 1. The minimum atomic E-state index is -4.51. The van der Waals surface area contributed by atoms with Crippen LogP contribution in [-0.2, 0) is 4.79 Å². The topological polar surface area (TPSA) is 42.0 Å². The number of amides is 1. The fraction of sp³-hybridized carbons (Fsp3) is 0.429. The Bertz CT molecular complexity index is 309. The fourth-order valence-electron chi connectivity index (χ4n) is 0.647. The molecular formula is C7H7F3N2OS. The van der Waals surface area contributed by atoms with E-state index in [9.17, 15) is 18.0 Å². The molecule has 1 aromatic rings. The van der Waals surface area contributed by atoms with Crippen LogP contribution in [0.3, 0.4) is 0 Å². The van der Waals surface area contributed by atoms with Crippen molar-refractivity contribution < 1.29 is 18.0 Å². The number of aromatic nitrogens is 1. The van der Waals surface area contributed by atoms with Gasteiger partial charge in [-0.15, -0.1) is 11.3 Å². The van der Waals surface area contributed by atoms with Gasteiger partial charge in [-0.05, 0) is 6.92 Å². The van der Waals surface area contributed by atoms with Gasteiger partial charge in [-0.1, -0.05) is 0 Å². The van der Waals surface area contributed by atoms with E-state index in [1.807, 2.05) is 0 Å². The van der Waals surface area contributed by atoms with Gasteiger partial charge in [0.05, 0.1) is 0 Å². The number of anilines is 1. The minimum absolute atomic E-state index is 0.172. The van der Waals surface area contributed by atoms with Gasteiger partial charge in [0, 0.05) is 11.6 Å². The molecule has 0 spiro atoms. The smallest absolute Gasteiger partial charge is 0.301 e. The standard InChI is InChI=1S/C7H7F3N2OS/c1-4(7(8,9)10)5(13)12-6-11-2-3-14-6/h2-4H,1H3,(H,11,12,13). The van der Waals surface area contributed by atoms with Gasteiger partial charge >= 0.3 is 6.18 Å². The monoisotopic (exact) mass is 224 g/mol. The van der Waals surface area contributed by atoms with Crippen molar-refractivity contribution in [1.29, 1.82) is 0 Å². The summed E-state index contributed by atoms with van der Waals surface area (Å²) in [4.78, 5) is 14.6. The summed E-state index contributed by atoms with van der Waals surface area (Å²) >= 11 is 1.07. The molecule has 0 saturated carbocycles. The minimum Gasteiger partial charge on any atom is -0.301 e. The molecule has 0 saturated heterocycles. The highest BCUT2D eigenvalue weighted by Crippen LogP contribution is 2.26. The van der Waals surface area contributed by atoms with Crippen molar-refractivity contribution in [2.75, 3.05) is 5.32 Å². The first kappa shape index (κ1) is 11.0. The normalized spacial score (nSPS) is 13.7. The molecule has 1 N–H and O–H groups in total. The van der Waals surface area contributed by atoms with Crippen molar-refractivity contribution in [3.63, 3.8) is 0 Å². The number of thiazole rings is 1. The highest BCUT2D eigenvalue weighted by atomic mass is 32.1. The lowest BCUT2D eigenvalue weighted by atomic mass is 10.1. The maximum atomic E-state index is 12.1. The van der Waals surface area contributed by atoms with E-state index in [0.29, 0.717) is 0 Å². The summed E-state index contributed by atoms with van der Waals surface area (Å²) in [6, 6.07) is 0. The van der Waals surface area contributed by atoms with Gasteiger partial charge < -0.3 is 5.32 Å². The summed E-state index contributed by atoms with van der Waals surface area (Å²) < 4.78 is 36.2. The molecule has 78 valence electrons. The molecule has 14 heavy (non-hydrogen) atoms. The van der Waals surface area contributed by atoms with Gasteiger partial charge in [-0.2, -0.15) is 13.2 Å². The number of hydrogen-bond donors (Lipinski definition) is 1. The summed E-state index contributed by atoms with van der Waals surface area (Å²) in [7, 11) is 0. The van der Waals surface area contributed by atoms with Crippen LogP contribution in [0, 0.1) is 5.92 Å². The Labute approximate surface area is 82.0 Å². The average Bonchev–Trinajstić information content (AvgIpc) is 2.53. The Balaban J connectivity index is 2.59. The Hall–Kier alpha value is -1.11. The molecule has 0 bridgehead atoms. The maximum absolute atomic E-state index is 12.1. The summed E-state index contributed by atoms with van der Waals surface area (Å²) in [5.41, 5.74) is 0. The lowest BCUT2D eigenvalue weighted by Gasteiger charge is -2.13. The van der Waals surface area contributed by atoms with Crippen LogP contribution in [0.25, 0.3) is 0 Å². The molecule has 7 heteroatoms. The van der Waals surface area contributed by atoms with Gasteiger partial charge in [0.15, 0.2) is 5.13 Å². The fourth-order valence-corrected chi connectivity index (χ4v) is 1.18. The number of rotatable bonds is 2. The SMILES string of the molecule is CC(C(=O)Nc1nccs1)C(F)(F)F. The highest BCUT2D eigenvalue weighted by Gasteiger charge is 2.41. The van der Waals surface area contributed by atoms with Crippen LogP contribution in [0.15, 0.2) is 11.6 Å². The van der Waals surface area contributed by atoms with Crippen LogP contribution in [0.5, 0.6) is 0 Å². The zero-order chi connectivity index (χ0) is 10.8. The second kappa shape index (κ2) is 3.95. The molecule has 1 unspecified atom stereocenters. The summed E-state index contributed by atoms with van der Waals surface area (Å²) in [5.74, 6) is -3.11. The first-order valence-electron chi connectivity index (χ1n) is 3.68. The van der Waals surface area contributed by atoms with Crippen molar-refractivity contribution in [2.45, 2.75) is 13.1 Å². The number of carbonyl (C=O) groups is 1. The van der Waals surface area contributed by atoms with E-state index >= 15 is 0 Å². The van der Waals surface area contributed by atoms with Crippen LogP contribution in [-0.4, -0.2) is 17.1 Å². The van der Waals surface area contributed by atoms with Crippen molar-refractivity contribution in [3.8, 4) is 0 Å². The van der Waals surface area contributed by atoms with Crippen LogP contribution >= 0.6 is 11.3 Å².